The number of nitrogens with zero attached hydrogens (tertiary/aromatic N) is 4. The van der Waals surface area contributed by atoms with E-state index in [1.165, 1.54) is 12.1 Å². The van der Waals surface area contributed by atoms with Crippen LogP contribution in [0.3, 0.4) is 0 Å². The van der Waals surface area contributed by atoms with Gasteiger partial charge in [-0.2, -0.15) is 0 Å². The number of hydrogen-bond donors (Lipinski definition) is 1. The first-order valence-electron chi connectivity index (χ1n) is 11.4. The van der Waals surface area contributed by atoms with Crippen molar-refractivity contribution in [1.29, 1.82) is 0 Å². The number of rotatable bonds is 8. The van der Waals surface area contributed by atoms with Crippen LogP contribution in [0.25, 0.3) is 34.3 Å². The largest absolute Gasteiger partial charge is 0.477 e. The van der Waals surface area contributed by atoms with Gasteiger partial charge in [-0.25, -0.2) is 4.79 Å². The second-order valence-electron chi connectivity index (χ2n) is 8.18. The molecular weight excluding hydrogens is 504 g/mol. The number of aryl methyl sites for hydroxylation is 1. The Kier molecular flexibility index (Phi) is 6.88. The first-order chi connectivity index (χ1) is 18.4. The Morgan fingerprint density at radius 3 is 2.16 bits per heavy atom. The summed E-state index contributed by atoms with van der Waals surface area (Å²) in [5, 5.41) is 29.1. The van der Waals surface area contributed by atoms with Gasteiger partial charge in [-0.05, 0) is 47.2 Å². The molecule has 0 saturated heterocycles. The van der Waals surface area contributed by atoms with E-state index >= 15 is 0 Å². The topological polar surface area (TPSA) is 124 Å². The summed E-state index contributed by atoms with van der Waals surface area (Å²) in [6, 6.07) is 27.3. The van der Waals surface area contributed by atoms with E-state index in [9.17, 15) is 20.0 Å². The fraction of sp³-hybridized carbons (Fsp3) is 0.0357. The van der Waals surface area contributed by atoms with Gasteiger partial charge < -0.3 is 14.1 Å². The fourth-order valence-electron chi connectivity index (χ4n) is 4.03. The fourth-order valence-corrected chi connectivity index (χ4v) is 4.74. The quantitative estimate of drug-likeness (QED) is 0.104. The molecular formula is C28H20N4O5S. The van der Waals surface area contributed by atoms with Crippen molar-refractivity contribution < 1.29 is 19.2 Å². The molecule has 0 fully saturated rings. The Morgan fingerprint density at radius 1 is 0.974 bits per heavy atom. The van der Waals surface area contributed by atoms with E-state index in [0.29, 0.717) is 17.1 Å². The summed E-state index contributed by atoms with van der Waals surface area (Å²) in [5.74, 6) is -0.813. The van der Waals surface area contributed by atoms with Crippen molar-refractivity contribution in [2.45, 2.75) is 12.1 Å². The zero-order chi connectivity index (χ0) is 26.6. The van der Waals surface area contributed by atoms with Gasteiger partial charge in [0.25, 0.3) is 10.9 Å². The van der Waals surface area contributed by atoms with Crippen LogP contribution < -0.4 is 0 Å². The second kappa shape index (κ2) is 10.6. The Hall–Kier alpha value is -4.96. The minimum atomic E-state index is -1.14. The van der Waals surface area contributed by atoms with Crippen molar-refractivity contribution in [3.05, 3.63) is 117 Å². The molecule has 1 N–H and O–H groups in total. The molecule has 5 rings (SSSR count). The molecule has 0 aliphatic rings. The van der Waals surface area contributed by atoms with Gasteiger partial charge in [0, 0.05) is 30.3 Å². The third kappa shape index (κ3) is 5.11. The van der Waals surface area contributed by atoms with Gasteiger partial charge in [-0.15, -0.1) is 10.2 Å². The van der Waals surface area contributed by atoms with Gasteiger partial charge in [0.1, 0.15) is 4.91 Å². The average molecular weight is 525 g/mol. The van der Waals surface area contributed by atoms with Gasteiger partial charge in [-0.3, -0.25) is 10.1 Å². The van der Waals surface area contributed by atoms with Crippen LogP contribution in [0.2, 0.25) is 0 Å². The zero-order valence-electron chi connectivity index (χ0n) is 20.0. The van der Waals surface area contributed by atoms with Crippen molar-refractivity contribution in [2.24, 2.45) is 0 Å². The number of nitro groups is 1. The van der Waals surface area contributed by atoms with Crippen LogP contribution in [0.15, 0.2) is 106 Å². The van der Waals surface area contributed by atoms with E-state index in [0.717, 1.165) is 34.3 Å². The lowest BCUT2D eigenvalue weighted by Gasteiger charge is -2.15. The average Bonchev–Trinajstić information content (AvgIpc) is 3.52. The normalized spacial score (nSPS) is 11.4. The lowest BCUT2D eigenvalue weighted by molar-refractivity contribution is -0.384. The van der Waals surface area contributed by atoms with Crippen LogP contribution in [-0.2, 0) is 4.79 Å². The van der Waals surface area contributed by atoms with Crippen molar-refractivity contribution in [3.63, 3.8) is 0 Å². The lowest BCUT2D eigenvalue weighted by atomic mass is 10.1. The molecule has 0 aliphatic heterocycles. The Labute approximate surface area is 221 Å². The summed E-state index contributed by atoms with van der Waals surface area (Å²) in [6.07, 6.45) is 1.57. The number of aromatic nitrogens is 3. The molecule has 0 bridgehead atoms. The van der Waals surface area contributed by atoms with Gasteiger partial charge in [-0.1, -0.05) is 60.7 Å². The number of non-ortho nitro benzene ring substituents is 1. The van der Waals surface area contributed by atoms with E-state index in [4.69, 9.17) is 4.42 Å². The third-order valence-corrected chi connectivity index (χ3v) is 6.52. The number of nitro benzene ring substituents is 1. The summed E-state index contributed by atoms with van der Waals surface area (Å²) in [5.41, 5.74) is 4.53. The molecule has 38 heavy (non-hydrogen) atoms. The Morgan fingerprint density at radius 2 is 1.61 bits per heavy atom. The minimum Gasteiger partial charge on any atom is -0.477 e. The SMILES string of the molecule is Cc1nnc(S/C(=C\c2cc(-c3ccccc3)n(-c3ccc([N+](=O)[O-])cc3)c2-c2ccccc2)C(=O)O)o1. The summed E-state index contributed by atoms with van der Waals surface area (Å²) >= 11 is 0.865. The molecule has 5 aromatic rings. The Bertz CT molecular complexity index is 1640. The molecule has 2 aromatic heterocycles. The number of aliphatic carboxylic acids is 1. The smallest absolute Gasteiger partial charge is 0.342 e. The molecule has 2 heterocycles. The molecule has 9 nitrogen and oxygen atoms in total. The van der Waals surface area contributed by atoms with Crippen molar-refractivity contribution in [3.8, 4) is 28.2 Å². The number of carbonyl (C=O) groups is 1. The zero-order valence-corrected chi connectivity index (χ0v) is 20.8. The number of thioether (sulfide) groups is 1. The standard InChI is InChI=1S/C28H20N4O5S/c1-18-29-30-28(37-18)38-25(27(33)34)17-21-16-24(19-8-4-2-5-9-19)31(26(21)20-10-6-3-7-11-20)22-12-14-23(15-13-22)32(35)36/h2-17H,1H3,(H,33,34)/b25-17-. The number of benzene rings is 3. The van der Waals surface area contributed by atoms with E-state index in [1.807, 2.05) is 71.3 Å². The third-order valence-electron chi connectivity index (χ3n) is 5.67. The predicted molar refractivity (Wildman–Crippen MR) is 144 cm³/mol. The van der Waals surface area contributed by atoms with Gasteiger partial charge in [0.2, 0.25) is 5.89 Å². The molecule has 0 spiro atoms. The van der Waals surface area contributed by atoms with E-state index < -0.39 is 10.9 Å². The first kappa shape index (κ1) is 24.7. The van der Waals surface area contributed by atoms with Crippen LogP contribution in [0, 0.1) is 17.0 Å². The van der Waals surface area contributed by atoms with Crippen LogP contribution in [0.5, 0.6) is 0 Å². The highest BCUT2D eigenvalue weighted by Crippen LogP contribution is 2.39. The van der Waals surface area contributed by atoms with E-state index in [-0.39, 0.29) is 15.8 Å². The second-order valence-corrected chi connectivity index (χ2v) is 9.17. The van der Waals surface area contributed by atoms with Crippen LogP contribution >= 0.6 is 11.8 Å². The molecule has 0 aliphatic carbocycles. The highest BCUT2D eigenvalue weighted by atomic mass is 32.2. The van der Waals surface area contributed by atoms with Crippen LogP contribution in [0.1, 0.15) is 11.5 Å². The molecule has 188 valence electrons. The molecule has 0 radical (unpaired) electrons. The number of hydrogen-bond acceptors (Lipinski definition) is 7. The van der Waals surface area contributed by atoms with Crippen molar-refractivity contribution >= 4 is 29.5 Å². The molecule has 0 amide bonds. The van der Waals surface area contributed by atoms with Crippen molar-refractivity contribution in [1.82, 2.24) is 14.8 Å². The summed E-state index contributed by atoms with van der Waals surface area (Å²) < 4.78 is 7.36. The summed E-state index contributed by atoms with van der Waals surface area (Å²) in [4.78, 5) is 23.1. The monoisotopic (exact) mass is 524 g/mol. The lowest BCUT2D eigenvalue weighted by Crippen LogP contribution is -2.01. The number of carboxylic acid groups (broad SMARTS) is 1. The maximum atomic E-state index is 12.2. The highest BCUT2D eigenvalue weighted by molar-refractivity contribution is 8.03. The Balaban J connectivity index is 1.78. The maximum absolute atomic E-state index is 12.2. The van der Waals surface area contributed by atoms with Gasteiger partial charge in [0.15, 0.2) is 0 Å². The molecule has 0 unspecified atom stereocenters. The van der Waals surface area contributed by atoms with Crippen molar-refractivity contribution in [2.75, 3.05) is 0 Å². The van der Waals surface area contributed by atoms with Crippen LogP contribution in [-0.4, -0.2) is 30.8 Å². The van der Waals surface area contributed by atoms with E-state index in [1.54, 1.807) is 25.1 Å². The molecule has 10 heteroatoms. The maximum Gasteiger partial charge on any atom is 0.342 e. The minimum absolute atomic E-state index is 0.00806. The molecule has 0 saturated carbocycles. The summed E-state index contributed by atoms with van der Waals surface area (Å²) in [6.45, 7) is 1.63. The summed E-state index contributed by atoms with van der Waals surface area (Å²) in [7, 11) is 0. The highest BCUT2D eigenvalue weighted by Gasteiger charge is 2.22. The molecule has 3 aromatic carbocycles. The van der Waals surface area contributed by atoms with Gasteiger partial charge >= 0.3 is 5.97 Å². The van der Waals surface area contributed by atoms with E-state index in [2.05, 4.69) is 10.2 Å². The molecule has 0 atom stereocenters. The predicted octanol–water partition coefficient (Wildman–Crippen LogP) is 6.63. The van der Waals surface area contributed by atoms with Crippen LogP contribution in [0.4, 0.5) is 5.69 Å². The number of carboxylic acids is 1. The first-order valence-corrected chi connectivity index (χ1v) is 12.3. The van der Waals surface area contributed by atoms with Gasteiger partial charge in [0.05, 0.1) is 16.3 Å².